The number of nitro groups is 1. The molecule has 1 amide bonds. The van der Waals surface area contributed by atoms with Gasteiger partial charge in [-0.3, -0.25) is 14.9 Å². The van der Waals surface area contributed by atoms with E-state index in [-0.39, 0.29) is 34.0 Å². The van der Waals surface area contributed by atoms with Crippen molar-refractivity contribution in [2.75, 3.05) is 19.5 Å². The lowest BCUT2D eigenvalue weighted by molar-refractivity contribution is -0.384. The van der Waals surface area contributed by atoms with Crippen molar-refractivity contribution < 1.29 is 48.2 Å². The molecule has 2 N–H and O–H groups in total. The van der Waals surface area contributed by atoms with Gasteiger partial charge in [0.05, 0.1) is 36.0 Å². The van der Waals surface area contributed by atoms with Gasteiger partial charge in [-0.05, 0) is 48.9 Å². The minimum Gasteiger partial charge on any atom is -0.497 e. The molecule has 0 aliphatic heterocycles. The molecule has 0 aliphatic rings. The minimum atomic E-state index is -2.31. The molecule has 0 saturated carbocycles. The number of aryl methyl sites for hydroxylation is 1. The van der Waals surface area contributed by atoms with Crippen molar-refractivity contribution in [1.82, 2.24) is 0 Å². The molecular formula is C27H24N2O11. The highest BCUT2D eigenvalue weighted by molar-refractivity contribution is 6.02. The van der Waals surface area contributed by atoms with E-state index in [0.29, 0.717) is 5.56 Å². The van der Waals surface area contributed by atoms with Crippen molar-refractivity contribution in [3.63, 3.8) is 0 Å². The third kappa shape index (κ3) is 7.10. The SMILES string of the molecule is COc1cccc(C(=O)O[C@H](C(=O)Nc2cc([N+](=O)[O-])ccc2C)[C@@H](OC(=O)c2cccc(OC)c2)C(=O)O)c1. The number of ether oxygens (including phenoxy) is 4. The molecule has 3 aromatic rings. The number of non-ortho nitro benzene ring substituents is 1. The molecule has 40 heavy (non-hydrogen) atoms. The molecule has 0 fully saturated rings. The molecule has 0 bridgehead atoms. The first-order chi connectivity index (χ1) is 19.0. The van der Waals surface area contributed by atoms with Crippen LogP contribution >= 0.6 is 0 Å². The summed E-state index contributed by atoms with van der Waals surface area (Å²) >= 11 is 0. The van der Waals surface area contributed by atoms with Crippen LogP contribution in [0.5, 0.6) is 11.5 Å². The number of esters is 2. The summed E-state index contributed by atoms with van der Waals surface area (Å²) < 4.78 is 20.5. The average molecular weight is 552 g/mol. The van der Waals surface area contributed by atoms with Crippen molar-refractivity contribution >= 4 is 35.2 Å². The van der Waals surface area contributed by atoms with Crippen molar-refractivity contribution in [1.29, 1.82) is 0 Å². The lowest BCUT2D eigenvalue weighted by Crippen LogP contribution is -2.48. The van der Waals surface area contributed by atoms with Gasteiger partial charge in [-0.2, -0.15) is 0 Å². The smallest absolute Gasteiger partial charge is 0.349 e. The number of rotatable bonds is 11. The van der Waals surface area contributed by atoms with Crippen LogP contribution in [0.4, 0.5) is 11.4 Å². The van der Waals surface area contributed by atoms with Crippen LogP contribution in [0.1, 0.15) is 26.3 Å². The Labute approximate surface area is 227 Å². The van der Waals surface area contributed by atoms with E-state index >= 15 is 0 Å². The highest BCUT2D eigenvalue weighted by Crippen LogP contribution is 2.24. The predicted octanol–water partition coefficient (Wildman–Crippen LogP) is 3.39. The molecule has 2 atom stereocenters. The van der Waals surface area contributed by atoms with Crippen LogP contribution < -0.4 is 14.8 Å². The Morgan fingerprint density at radius 2 is 1.35 bits per heavy atom. The first-order valence-electron chi connectivity index (χ1n) is 11.5. The number of nitrogens with zero attached hydrogens (tertiary/aromatic N) is 1. The minimum absolute atomic E-state index is 0.0510. The Morgan fingerprint density at radius 3 is 1.82 bits per heavy atom. The quantitative estimate of drug-likeness (QED) is 0.202. The summed E-state index contributed by atoms with van der Waals surface area (Å²) in [7, 11) is 2.72. The lowest BCUT2D eigenvalue weighted by atomic mass is 10.1. The highest BCUT2D eigenvalue weighted by atomic mass is 16.6. The fraction of sp³-hybridized carbons (Fsp3) is 0.185. The van der Waals surface area contributed by atoms with E-state index in [1.807, 2.05) is 0 Å². The summed E-state index contributed by atoms with van der Waals surface area (Å²) in [6.07, 6.45) is -4.53. The topological polar surface area (TPSA) is 181 Å². The number of nitro benzene ring substituents is 1. The maximum Gasteiger partial charge on any atom is 0.349 e. The van der Waals surface area contributed by atoms with Crippen molar-refractivity contribution in [3.05, 3.63) is 93.5 Å². The summed E-state index contributed by atoms with van der Waals surface area (Å²) in [6, 6.07) is 14.9. The Bertz CT molecular complexity index is 1450. The zero-order valence-corrected chi connectivity index (χ0v) is 21.5. The average Bonchev–Trinajstić information content (AvgIpc) is 2.95. The van der Waals surface area contributed by atoms with E-state index in [0.717, 1.165) is 6.07 Å². The molecule has 13 nitrogen and oxygen atoms in total. The van der Waals surface area contributed by atoms with Gasteiger partial charge in [-0.1, -0.05) is 18.2 Å². The maximum atomic E-state index is 13.3. The van der Waals surface area contributed by atoms with Crippen molar-refractivity contribution in [2.45, 2.75) is 19.1 Å². The van der Waals surface area contributed by atoms with Crippen LogP contribution in [-0.4, -0.2) is 60.3 Å². The third-order valence-electron chi connectivity index (χ3n) is 5.55. The molecule has 0 saturated heterocycles. The van der Waals surface area contributed by atoms with Crippen LogP contribution in [0, 0.1) is 17.0 Å². The Balaban J connectivity index is 1.98. The van der Waals surface area contributed by atoms with Crippen molar-refractivity contribution in [3.8, 4) is 11.5 Å². The van der Waals surface area contributed by atoms with Crippen LogP contribution in [0.25, 0.3) is 0 Å². The zero-order valence-electron chi connectivity index (χ0n) is 21.5. The fourth-order valence-corrected chi connectivity index (χ4v) is 3.42. The van der Waals surface area contributed by atoms with Gasteiger partial charge in [0.2, 0.25) is 12.2 Å². The number of nitrogens with one attached hydrogen (secondary N) is 1. The summed E-state index contributed by atoms with van der Waals surface area (Å²) in [5.74, 6) is -4.73. The normalized spacial score (nSPS) is 11.9. The Kier molecular flexibility index (Phi) is 9.36. The zero-order chi connectivity index (χ0) is 29.4. The number of carbonyl (C=O) groups is 4. The van der Waals surface area contributed by atoms with Gasteiger partial charge in [0, 0.05) is 12.1 Å². The largest absolute Gasteiger partial charge is 0.497 e. The number of amides is 1. The Hall–Kier alpha value is -5.46. The molecule has 0 heterocycles. The van der Waals surface area contributed by atoms with Crippen LogP contribution in [0.15, 0.2) is 66.7 Å². The molecule has 208 valence electrons. The number of carbonyl (C=O) groups excluding carboxylic acids is 3. The second-order valence-electron chi connectivity index (χ2n) is 8.20. The summed E-state index contributed by atoms with van der Waals surface area (Å²) in [5.41, 5.74) is -0.211. The summed E-state index contributed by atoms with van der Waals surface area (Å²) in [4.78, 5) is 61.9. The second kappa shape index (κ2) is 12.9. The molecule has 13 heteroatoms. The predicted molar refractivity (Wildman–Crippen MR) is 138 cm³/mol. The van der Waals surface area contributed by atoms with Gasteiger partial charge >= 0.3 is 17.9 Å². The van der Waals surface area contributed by atoms with E-state index in [1.54, 1.807) is 12.1 Å². The fourth-order valence-electron chi connectivity index (χ4n) is 3.42. The van der Waals surface area contributed by atoms with Gasteiger partial charge in [-0.25, -0.2) is 14.4 Å². The first kappa shape index (κ1) is 29.1. The van der Waals surface area contributed by atoms with Gasteiger partial charge in [0.15, 0.2) is 0 Å². The van der Waals surface area contributed by atoms with E-state index in [2.05, 4.69) is 5.32 Å². The second-order valence-corrected chi connectivity index (χ2v) is 8.20. The van der Waals surface area contributed by atoms with Gasteiger partial charge in [0.1, 0.15) is 11.5 Å². The lowest BCUT2D eigenvalue weighted by Gasteiger charge is -2.24. The molecule has 0 radical (unpaired) electrons. The van der Waals surface area contributed by atoms with Gasteiger partial charge in [0.25, 0.3) is 11.6 Å². The molecule has 0 aliphatic carbocycles. The molecule has 3 aromatic carbocycles. The highest BCUT2D eigenvalue weighted by Gasteiger charge is 2.41. The molecule has 0 spiro atoms. The maximum absolute atomic E-state index is 13.3. The standard InChI is InChI=1S/C27H24N2O11/c1-15-10-11-18(29(35)36)14-21(15)28-24(30)22(39-26(33)16-6-4-8-19(12-16)37-2)23(25(31)32)40-27(34)17-7-5-9-20(13-17)38-3/h4-14,22-23H,1-3H3,(H,28,30)(H,31,32)/t22-,23+/m0/s1. The van der Waals surface area contributed by atoms with Crippen LogP contribution in [-0.2, 0) is 19.1 Å². The van der Waals surface area contributed by atoms with Gasteiger partial charge < -0.3 is 29.4 Å². The third-order valence-corrected chi connectivity index (χ3v) is 5.55. The van der Waals surface area contributed by atoms with E-state index < -0.39 is 40.9 Å². The first-order valence-corrected chi connectivity index (χ1v) is 11.5. The van der Waals surface area contributed by atoms with Crippen LogP contribution in [0.2, 0.25) is 0 Å². The van der Waals surface area contributed by atoms with Crippen molar-refractivity contribution in [2.24, 2.45) is 0 Å². The number of hydrogen-bond donors (Lipinski definition) is 2. The number of benzene rings is 3. The molecular weight excluding hydrogens is 528 g/mol. The van der Waals surface area contributed by atoms with E-state index in [9.17, 15) is 34.4 Å². The summed E-state index contributed by atoms with van der Waals surface area (Å²) in [5, 5.41) is 23.4. The number of methoxy groups -OCH3 is 2. The van der Waals surface area contributed by atoms with E-state index in [4.69, 9.17) is 18.9 Å². The van der Waals surface area contributed by atoms with Crippen LogP contribution in [0.3, 0.4) is 0 Å². The monoisotopic (exact) mass is 552 g/mol. The number of carboxylic acids is 1. The Morgan fingerprint density at radius 1 is 0.825 bits per heavy atom. The molecule has 3 rings (SSSR count). The molecule has 0 unspecified atom stereocenters. The van der Waals surface area contributed by atoms with Gasteiger partial charge in [-0.15, -0.1) is 0 Å². The number of anilines is 1. The number of aliphatic carboxylic acids is 1. The van der Waals surface area contributed by atoms with E-state index in [1.165, 1.54) is 69.7 Å². The summed E-state index contributed by atoms with van der Waals surface area (Å²) in [6.45, 7) is 1.54. The molecule has 0 aromatic heterocycles. The number of carboxylic acid groups (broad SMARTS) is 1. The number of hydrogen-bond acceptors (Lipinski definition) is 10.